The Hall–Kier alpha value is -1.61. The van der Waals surface area contributed by atoms with Crippen LogP contribution in [0.15, 0.2) is 52.5 Å². The van der Waals surface area contributed by atoms with Gasteiger partial charge in [0.05, 0.1) is 10.3 Å². The van der Waals surface area contributed by atoms with Crippen molar-refractivity contribution in [3.8, 4) is 0 Å². The summed E-state index contributed by atoms with van der Waals surface area (Å²) in [6, 6.07) is 9.90. The van der Waals surface area contributed by atoms with Crippen molar-refractivity contribution in [2.75, 3.05) is 19.4 Å². The van der Waals surface area contributed by atoms with Crippen LogP contribution in [0.3, 0.4) is 0 Å². The van der Waals surface area contributed by atoms with Crippen LogP contribution in [0.1, 0.15) is 6.92 Å². The van der Waals surface area contributed by atoms with E-state index in [9.17, 15) is 13.2 Å². The molecule has 2 aromatic rings. The summed E-state index contributed by atoms with van der Waals surface area (Å²) in [6.45, 7) is 1.75. The van der Waals surface area contributed by atoms with E-state index in [2.05, 4.69) is 10.3 Å². The van der Waals surface area contributed by atoms with Crippen LogP contribution in [0.2, 0.25) is 5.02 Å². The highest BCUT2D eigenvalue weighted by Crippen LogP contribution is 2.24. The quantitative estimate of drug-likeness (QED) is 0.755. The van der Waals surface area contributed by atoms with Gasteiger partial charge in [0.2, 0.25) is 15.9 Å². The molecule has 0 radical (unpaired) electrons. The van der Waals surface area contributed by atoms with Crippen LogP contribution in [0.5, 0.6) is 0 Å². The van der Waals surface area contributed by atoms with Crippen LogP contribution in [0, 0.1) is 0 Å². The van der Waals surface area contributed by atoms with Crippen molar-refractivity contribution >= 4 is 45.0 Å². The van der Waals surface area contributed by atoms with E-state index in [0.717, 1.165) is 4.31 Å². The van der Waals surface area contributed by atoms with Gasteiger partial charge >= 0.3 is 0 Å². The van der Waals surface area contributed by atoms with Crippen molar-refractivity contribution in [3.05, 3.63) is 47.6 Å². The Morgan fingerprint density at radius 1 is 1.20 bits per heavy atom. The molecule has 9 heteroatoms. The molecular weight excluding hydrogens is 382 g/mol. The summed E-state index contributed by atoms with van der Waals surface area (Å²) >= 11 is 7.06. The first kappa shape index (κ1) is 19.7. The molecule has 1 atom stereocenters. The zero-order valence-electron chi connectivity index (χ0n) is 13.9. The molecule has 25 heavy (non-hydrogen) atoms. The summed E-state index contributed by atoms with van der Waals surface area (Å²) in [5.41, 5.74) is 0.655. The Kier molecular flexibility index (Phi) is 6.45. The van der Waals surface area contributed by atoms with Crippen LogP contribution < -0.4 is 5.32 Å². The first-order chi connectivity index (χ1) is 11.7. The maximum absolute atomic E-state index is 12.2. The lowest BCUT2D eigenvalue weighted by Crippen LogP contribution is -2.23. The second kappa shape index (κ2) is 8.18. The molecule has 1 aromatic carbocycles. The van der Waals surface area contributed by atoms with E-state index in [1.807, 2.05) is 0 Å². The molecule has 1 heterocycles. The molecular formula is C16H18ClN3O3S2. The predicted octanol–water partition coefficient (Wildman–Crippen LogP) is 3.10. The molecule has 134 valence electrons. The average molecular weight is 400 g/mol. The number of hydrogen-bond acceptors (Lipinski definition) is 5. The highest BCUT2D eigenvalue weighted by molar-refractivity contribution is 8.00. The fourth-order valence-corrected chi connectivity index (χ4v) is 3.57. The van der Waals surface area contributed by atoms with Crippen LogP contribution in [0.4, 0.5) is 5.69 Å². The number of hydrogen-bond donors (Lipinski definition) is 1. The fourth-order valence-electron chi connectivity index (χ4n) is 1.81. The number of benzene rings is 1. The molecule has 0 saturated carbocycles. The lowest BCUT2D eigenvalue weighted by molar-refractivity contribution is -0.115. The van der Waals surface area contributed by atoms with Crippen LogP contribution >= 0.6 is 23.4 Å². The van der Waals surface area contributed by atoms with Crippen LogP contribution in [0.25, 0.3) is 0 Å². The Morgan fingerprint density at radius 3 is 2.36 bits per heavy atom. The fraction of sp³-hybridized carbons (Fsp3) is 0.250. The van der Waals surface area contributed by atoms with Crippen LogP contribution in [-0.4, -0.2) is 43.0 Å². The molecule has 0 unspecified atom stereocenters. The van der Waals surface area contributed by atoms with E-state index in [-0.39, 0.29) is 10.8 Å². The predicted molar refractivity (Wildman–Crippen MR) is 101 cm³/mol. The summed E-state index contributed by atoms with van der Waals surface area (Å²) in [5.74, 6) is -0.181. The number of halogens is 1. The largest absolute Gasteiger partial charge is 0.325 e. The normalized spacial score (nSPS) is 12.8. The lowest BCUT2D eigenvalue weighted by atomic mass is 10.3. The monoisotopic (exact) mass is 399 g/mol. The van der Waals surface area contributed by atoms with Crippen molar-refractivity contribution < 1.29 is 13.2 Å². The summed E-state index contributed by atoms with van der Waals surface area (Å²) in [7, 11) is -0.592. The zero-order chi connectivity index (χ0) is 18.6. The third-order valence-electron chi connectivity index (χ3n) is 3.27. The highest BCUT2D eigenvalue weighted by Gasteiger charge is 2.19. The second-order valence-corrected chi connectivity index (χ2v) is 9.33. The van der Waals surface area contributed by atoms with E-state index in [0.29, 0.717) is 15.7 Å². The summed E-state index contributed by atoms with van der Waals surface area (Å²) in [6.07, 6.45) is 1.29. The molecule has 0 aliphatic carbocycles. The molecule has 0 aliphatic rings. The third-order valence-corrected chi connectivity index (χ3v) is 6.37. The average Bonchev–Trinajstić information content (AvgIpc) is 2.57. The van der Waals surface area contributed by atoms with Gasteiger partial charge in [-0.1, -0.05) is 23.4 Å². The summed E-state index contributed by atoms with van der Waals surface area (Å²) in [4.78, 5) is 16.5. The topological polar surface area (TPSA) is 79.4 Å². The van der Waals surface area contributed by atoms with Crippen molar-refractivity contribution in [1.29, 1.82) is 0 Å². The van der Waals surface area contributed by atoms with Gasteiger partial charge < -0.3 is 5.32 Å². The Balaban J connectivity index is 2.01. The maximum Gasteiger partial charge on any atom is 0.244 e. The molecule has 0 fully saturated rings. The summed E-state index contributed by atoms with van der Waals surface area (Å²) < 4.78 is 25.1. The highest BCUT2D eigenvalue weighted by atomic mass is 35.5. The zero-order valence-corrected chi connectivity index (χ0v) is 16.3. The number of aromatic nitrogens is 1. The van der Waals surface area contributed by atoms with Gasteiger partial charge in [0.15, 0.2) is 0 Å². The van der Waals surface area contributed by atoms with Crippen LogP contribution in [-0.2, 0) is 14.8 Å². The summed E-state index contributed by atoms with van der Waals surface area (Å²) in [5, 5.41) is 3.55. The first-order valence-corrected chi connectivity index (χ1v) is 10.0. The molecule has 0 aliphatic heterocycles. The Bertz CT molecular complexity index is 838. The van der Waals surface area contributed by atoms with E-state index < -0.39 is 15.3 Å². The van der Waals surface area contributed by atoms with Gasteiger partial charge in [-0.15, -0.1) is 0 Å². The molecule has 1 amide bonds. The third kappa shape index (κ3) is 5.18. The molecule has 1 aromatic heterocycles. The number of anilines is 1. The number of amides is 1. The van der Waals surface area contributed by atoms with Gasteiger partial charge in [0.25, 0.3) is 0 Å². The standard InChI is InChI=1S/C16H18ClN3O3S2/c1-11(16(21)19-13-6-4-12(17)5-7-13)24-15-9-8-14(10-18-15)25(22,23)20(2)3/h4-11H,1-3H3,(H,19,21)/t11-/m0/s1. The van der Waals surface area contributed by atoms with Gasteiger partial charge in [-0.3, -0.25) is 4.79 Å². The Labute approximate surface area is 156 Å². The number of nitrogens with one attached hydrogen (secondary N) is 1. The molecule has 0 saturated heterocycles. The minimum Gasteiger partial charge on any atom is -0.325 e. The molecule has 0 spiro atoms. The smallest absolute Gasteiger partial charge is 0.244 e. The Morgan fingerprint density at radius 2 is 1.84 bits per heavy atom. The number of carbonyl (C=O) groups is 1. The number of sulfonamides is 1. The number of nitrogens with zero attached hydrogens (tertiary/aromatic N) is 2. The number of rotatable bonds is 6. The van der Waals surface area contributed by atoms with Gasteiger partial charge in [0.1, 0.15) is 4.90 Å². The van der Waals surface area contributed by atoms with E-state index in [1.165, 1.54) is 38.1 Å². The van der Waals surface area contributed by atoms with Crippen molar-refractivity contribution in [1.82, 2.24) is 9.29 Å². The van der Waals surface area contributed by atoms with Gasteiger partial charge in [-0.25, -0.2) is 17.7 Å². The molecule has 6 nitrogen and oxygen atoms in total. The lowest BCUT2D eigenvalue weighted by Gasteiger charge is -2.13. The minimum atomic E-state index is -3.51. The number of carbonyl (C=O) groups excluding carboxylic acids is 1. The molecule has 2 rings (SSSR count). The number of pyridine rings is 1. The minimum absolute atomic E-state index is 0.111. The van der Waals surface area contributed by atoms with Crippen molar-refractivity contribution in [2.24, 2.45) is 0 Å². The maximum atomic E-state index is 12.2. The van der Waals surface area contributed by atoms with E-state index in [4.69, 9.17) is 11.6 Å². The van der Waals surface area contributed by atoms with E-state index in [1.54, 1.807) is 37.3 Å². The van der Waals surface area contributed by atoms with Crippen molar-refractivity contribution in [3.63, 3.8) is 0 Å². The molecule has 1 N–H and O–H groups in total. The van der Waals surface area contributed by atoms with Crippen molar-refractivity contribution in [2.45, 2.75) is 22.1 Å². The number of thioether (sulfide) groups is 1. The van der Waals surface area contributed by atoms with Gasteiger partial charge in [-0.2, -0.15) is 0 Å². The SMILES string of the molecule is C[C@H](Sc1ccc(S(=O)(=O)N(C)C)cn1)C(=O)Nc1ccc(Cl)cc1. The van der Waals surface area contributed by atoms with Gasteiger partial charge in [0, 0.05) is 31.0 Å². The molecule has 0 bridgehead atoms. The second-order valence-electron chi connectivity index (χ2n) is 5.38. The van der Waals surface area contributed by atoms with Gasteiger partial charge in [-0.05, 0) is 43.3 Å². The first-order valence-electron chi connectivity index (χ1n) is 7.32. The van der Waals surface area contributed by atoms with E-state index >= 15 is 0 Å².